The second kappa shape index (κ2) is 8.31. The molecule has 0 aliphatic heterocycles. The van der Waals surface area contributed by atoms with E-state index < -0.39 is 11.8 Å². The number of carbonyl (C=O) groups is 1. The molecule has 0 aromatic heterocycles. The van der Waals surface area contributed by atoms with Crippen LogP contribution in [0, 0.1) is 17.1 Å². The lowest BCUT2D eigenvalue weighted by molar-refractivity contribution is 0.0734. The van der Waals surface area contributed by atoms with E-state index in [2.05, 4.69) is 6.07 Å². The number of hydrogen-bond acceptors (Lipinski definition) is 3. The molecule has 0 aliphatic rings. The molecule has 0 amide bonds. The first-order valence-corrected chi connectivity index (χ1v) is 8.38. The zero-order valence-electron chi connectivity index (χ0n) is 14.0. The van der Waals surface area contributed by atoms with Crippen molar-refractivity contribution in [3.05, 3.63) is 100 Å². The van der Waals surface area contributed by atoms with Crippen LogP contribution in [-0.4, -0.2) is 5.97 Å². The molecule has 3 nitrogen and oxygen atoms in total. The number of rotatable bonds is 4. The fraction of sp³-hybridized carbons (Fsp3) is 0. The summed E-state index contributed by atoms with van der Waals surface area (Å²) in [6.45, 7) is 0. The fourth-order valence-electron chi connectivity index (χ4n) is 2.43. The normalized spacial score (nSPS) is 10.9. The van der Waals surface area contributed by atoms with Gasteiger partial charge < -0.3 is 4.74 Å². The summed E-state index contributed by atoms with van der Waals surface area (Å²) >= 11 is 5.87. The van der Waals surface area contributed by atoms with Gasteiger partial charge >= 0.3 is 5.97 Å². The summed E-state index contributed by atoms with van der Waals surface area (Å²) < 4.78 is 18.5. The van der Waals surface area contributed by atoms with Crippen molar-refractivity contribution >= 4 is 29.2 Å². The third-order valence-corrected chi connectivity index (χ3v) is 3.97. The zero-order valence-corrected chi connectivity index (χ0v) is 14.8. The lowest BCUT2D eigenvalue weighted by Gasteiger charge is -2.06. The van der Waals surface area contributed by atoms with Crippen molar-refractivity contribution in [2.24, 2.45) is 0 Å². The van der Waals surface area contributed by atoms with Gasteiger partial charge in [0.25, 0.3) is 0 Å². The maximum Gasteiger partial charge on any atom is 0.343 e. The van der Waals surface area contributed by atoms with Crippen molar-refractivity contribution in [2.45, 2.75) is 0 Å². The van der Waals surface area contributed by atoms with Gasteiger partial charge in [-0.2, -0.15) is 5.26 Å². The molecule has 3 rings (SSSR count). The van der Waals surface area contributed by atoms with Crippen molar-refractivity contribution in [1.29, 1.82) is 5.26 Å². The summed E-state index contributed by atoms with van der Waals surface area (Å²) in [5.41, 5.74) is 1.98. The number of carbonyl (C=O) groups excluding carboxylic acids is 1. The Kier molecular flexibility index (Phi) is 5.65. The van der Waals surface area contributed by atoms with Gasteiger partial charge in [-0.3, -0.25) is 0 Å². The molecular formula is C22H13ClFNO2. The van der Waals surface area contributed by atoms with Gasteiger partial charge in [-0.25, -0.2) is 9.18 Å². The van der Waals surface area contributed by atoms with Gasteiger partial charge in [-0.15, -0.1) is 0 Å². The summed E-state index contributed by atoms with van der Waals surface area (Å²) in [7, 11) is 0. The van der Waals surface area contributed by atoms with Gasteiger partial charge in [0.15, 0.2) is 0 Å². The minimum Gasteiger partial charge on any atom is -0.423 e. The number of benzene rings is 3. The molecule has 0 heterocycles. The monoisotopic (exact) mass is 377 g/mol. The Balaban J connectivity index is 1.83. The highest BCUT2D eigenvalue weighted by Gasteiger charge is 2.10. The number of esters is 1. The first-order valence-electron chi connectivity index (χ1n) is 8.01. The third kappa shape index (κ3) is 4.81. The smallest absolute Gasteiger partial charge is 0.343 e. The predicted octanol–water partition coefficient (Wildman–Crippen LogP) is 5.76. The molecule has 3 aromatic carbocycles. The molecule has 0 saturated heterocycles. The third-order valence-electron chi connectivity index (χ3n) is 3.72. The summed E-state index contributed by atoms with van der Waals surface area (Å²) in [4.78, 5) is 12.1. The van der Waals surface area contributed by atoms with E-state index in [-0.39, 0.29) is 5.56 Å². The molecule has 0 fully saturated rings. The fourth-order valence-corrected chi connectivity index (χ4v) is 2.55. The Morgan fingerprint density at radius 2 is 1.74 bits per heavy atom. The maximum atomic E-state index is 13.2. The second-order valence-corrected chi connectivity index (χ2v) is 6.09. The number of allylic oxidation sites excluding steroid dienone is 1. The Labute approximate surface area is 160 Å². The topological polar surface area (TPSA) is 50.1 Å². The predicted molar refractivity (Wildman–Crippen MR) is 103 cm³/mol. The number of nitriles is 1. The van der Waals surface area contributed by atoms with Crippen molar-refractivity contribution < 1.29 is 13.9 Å². The van der Waals surface area contributed by atoms with Crippen molar-refractivity contribution in [1.82, 2.24) is 0 Å². The highest BCUT2D eigenvalue weighted by Crippen LogP contribution is 2.22. The summed E-state index contributed by atoms with van der Waals surface area (Å²) in [6.07, 6.45) is 1.68. The van der Waals surface area contributed by atoms with E-state index >= 15 is 0 Å². The Bertz CT molecular complexity index is 1050. The van der Waals surface area contributed by atoms with Crippen LogP contribution in [0.25, 0.3) is 11.6 Å². The lowest BCUT2D eigenvalue weighted by Crippen LogP contribution is -2.08. The van der Waals surface area contributed by atoms with E-state index in [0.717, 1.165) is 11.6 Å². The summed E-state index contributed by atoms with van der Waals surface area (Å²) in [6, 6.07) is 21.1. The summed E-state index contributed by atoms with van der Waals surface area (Å²) in [5.74, 6) is -0.872. The maximum absolute atomic E-state index is 13.2. The molecule has 132 valence electrons. The molecule has 0 spiro atoms. The van der Waals surface area contributed by atoms with E-state index in [4.69, 9.17) is 16.3 Å². The van der Waals surface area contributed by atoms with E-state index in [1.165, 1.54) is 18.2 Å². The molecule has 0 atom stereocenters. The number of hydrogen-bond donors (Lipinski definition) is 0. The molecule has 0 bridgehead atoms. The minimum absolute atomic E-state index is 0.120. The zero-order chi connectivity index (χ0) is 19.2. The molecule has 0 aliphatic carbocycles. The van der Waals surface area contributed by atoms with Crippen LogP contribution in [0.1, 0.15) is 21.5 Å². The lowest BCUT2D eigenvalue weighted by atomic mass is 10.0. The van der Waals surface area contributed by atoms with Gasteiger partial charge in [0.05, 0.1) is 17.2 Å². The van der Waals surface area contributed by atoms with Crippen LogP contribution in [0.2, 0.25) is 5.02 Å². The Morgan fingerprint density at radius 3 is 2.44 bits per heavy atom. The molecular weight excluding hydrogens is 365 g/mol. The van der Waals surface area contributed by atoms with Crippen LogP contribution >= 0.6 is 11.6 Å². The number of nitrogens with zero attached hydrogens (tertiary/aromatic N) is 1. The Morgan fingerprint density at radius 1 is 1.00 bits per heavy atom. The van der Waals surface area contributed by atoms with Gasteiger partial charge in [0.2, 0.25) is 0 Å². The molecule has 0 unspecified atom stereocenters. The van der Waals surface area contributed by atoms with Gasteiger partial charge in [0, 0.05) is 5.02 Å². The van der Waals surface area contributed by atoms with Crippen LogP contribution in [0.4, 0.5) is 4.39 Å². The second-order valence-electron chi connectivity index (χ2n) is 5.65. The highest BCUT2D eigenvalue weighted by molar-refractivity contribution is 6.30. The molecule has 3 aromatic rings. The van der Waals surface area contributed by atoms with Crippen LogP contribution in [0.15, 0.2) is 72.8 Å². The summed E-state index contributed by atoms with van der Waals surface area (Å²) in [5, 5.41) is 10.0. The average Bonchev–Trinajstić information content (AvgIpc) is 2.67. The van der Waals surface area contributed by atoms with Gasteiger partial charge in [0.1, 0.15) is 11.6 Å². The Hall–Kier alpha value is -3.42. The molecule has 27 heavy (non-hydrogen) atoms. The van der Waals surface area contributed by atoms with Crippen LogP contribution < -0.4 is 4.74 Å². The quantitative estimate of drug-likeness (QED) is 0.251. The van der Waals surface area contributed by atoms with Crippen LogP contribution in [-0.2, 0) is 0 Å². The van der Waals surface area contributed by atoms with Crippen LogP contribution in [0.5, 0.6) is 5.75 Å². The SMILES string of the molecule is N#C/C(=C/c1cccc(OC(=O)c2cccc(F)c2)c1)c1ccc(Cl)cc1. The highest BCUT2D eigenvalue weighted by atomic mass is 35.5. The first kappa shape index (κ1) is 18.4. The van der Waals surface area contributed by atoms with E-state index in [1.54, 1.807) is 54.6 Å². The molecule has 5 heteroatoms. The van der Waals surface area contributed by atoms with E-state index in [0.29, 0.717) is 21.9 Å². The van der Waals surface area contributed by atoms with Crippen molar-refractivity contribution in [3.8, 4) is 11.8 Å². The van der Waals surface area contributed by atoms with Gasteiger partial charge in [-0.05, 0) is 59.7 Å². The minimum atomic E-state index is -0.658. The van der Waals surface area contributed by atoms with E-state index in [1.807, 2.05) is 0 Å². The van der Waals surface area contributed by atoms with Crippen molar-refractivity contribution in [3.63, 3.8) is 0 Å². The number of ether oxygens (including phenoxy) is 1. The van der Waals surface area contributed by atoms with Crippen molar-refractivity contribution in [2.75, 3.05) is 0 Å². The van der Waals surface area contributed by atoms with E-state index in [9.17, 15) is 14.4 Å². The molecule has 0 saturated carbocycles. The average molecular weight is 378 g/mol. The van der Waals surface area contributed by atoms with Gasteiger partial charge in [-0.1, -0.05) is 41.9 Å². The first-order chi connectivity index (χ1) is 13.0. The van der Waals surface area contributed by atoms with Crippen LogP contribution in [0.3, 0.4) is 0 Å². The molecule has 0 radical (unpaired) electrons. The standard InChI is InChI=1S/C22H13ClFNO2/c23-19-9-7-16(8-10-19)18(14-25)11-15-3-1-6-21(12-15)27-22(26)17-4-2-5-20(24)13-17/h1-13H/b18-11-. The largest absolute Gasteiger partial charge is 0.423 e. The number of halogens is 2. The molecule has 0 N–H and O–H groups in total.